The maximum absolute atomic E-state index is 11.4. The van der Waals surface area contributed by atoms with Crippen LogP contribution in [0, 0.1) is 5.92 Å². The van der Waals surface area contributed by atoms with Crippen LogP contribution in [0.2, 0.25) is 0 Å². The summed E-state index contributed by atoms with van der Waals surface area (Å²) in [5.74, 6) is 0.367. The van der Waals surface area contributed by atoms with Gasteiger partial charge >= 0.3 is 5.97 Å². The lowest BCUT2D eigenvalue weighted by Gasteiger charge is -2.32. The van der Waals surface area contributed by atoms with Crippen LogP contribution in [0.4, 0.5) is 0 Å². The largest absolute Gasteiger partial charge is 0.469 e. The van der Waals surface area contributed by atoms with Gasteiger partial charge in [-0.15, -0.1) is 24.0 Å². The van der Waals surface area contributed by atoms with E-state index in [1.54, 1.807) is 0 Å². The van der Waals surface area contributed by atoms with E-state index in [1.165, 1.54) is 20.1 Å². The molecular formula is C16H33IN4O2. The zero-order valence-electron chi connectivity index (χ0n) is 14.9. The average molecular weight is 440 g/mol. The van der Waals surface area contributed by atoms with Crippen LogP contribution in [-0.4, -0.2) is 62.7 Å². The summed E-state index contributed by atoms with van der Waals surface area (Å²) in [5, 5.41) is 6.74. The fourth-order valence-electron chi connectivity index (χ4n) is 2.63. The Labute approximate surface area is 157 Å². The van der Waals surface area contributed by atoms with Crippen LogP contribution in [0.3, 0.4) is 0 Å². The van der Waals surface area contributed by atoms with Crippen molar-refractivity contribution in [3.63, 3.8) is 0 Å². The third-order valence-electron chi connectivity index (χ3n) is 3.94. The van der Waals surface area contributed by atoms with Crippen molar-refractivity contribution in [3.8, 4) is 0 Å². The first-order valence-electron chi connectivity index (χ1n) is 8.45. The van der Waals surface area contributed by atoms with E-state index in [4.69, 9.17) is 4.74 Å². The van der Waals surface area contributed by atoms with Crippen molar-refractivity contribution < 1.29 is 9.53 Å². The highest BCUT2D eigenvalue weighted by Crippen LogP contribution is 2.10. The normalized spacial score (nSPS) is 18.0. The highest BCUT2D eigenvalue weighted by atomic mass is 127. The van der Waals surface area contributed by atoms with E-state index in [0.29, 0.717) is 12.6 Å². The molecule has 7 heteroatoms. The van der Waals surface area contributed by atoms with E-state index in [2.05, 4.69) is 27.4 Å². The van der Waals surface area contributed by atoms with Gasteiger partial charge in [0.2, 0.25) is 0 Å². The maximum atomic E-state index is 11.4. The average Bonchev–Trinajstić information content (AvgIpc) is 2.53. The van der Waals surface area contributed by atoms with Crippen LogP contribution in [-0.2, 0) is 9.53 Å². The summed E-state index contributed by atoms with van der Waals surface area (Å²) in [6.45, 7) is 10.8. The molecule has 0 saturated carbocycles. The third-order valence-corrected chi connectivity index (χ3v) is 3.94. The van der Waals surface area contributed by atoms with E-state index in [-0.39, 0.29) is 35.9 Å². The molecule has 1 atom stereocenters. The minimum atomic E-state index is -0.216. The number of carbonyl (C=O) groups excluding carboxylic acids is 1. The molecule has 0 radical (unpaired) electrons. The summed E-state index contributed by atoms with van der Waals surface area (Å²) in [5.41, 5.74) is 0. The molecule has 0 bridgehead atoms. The lowest BCUT2D eigenvalue weighted by molar-refractivity contribution is -0.144. The first-order chi connectivity index (χ1) is 10.6. The SMILES string of the molecule is CCCN1CCC(NC(=NCC(C)C(=O)OC)NCC)CC1.I. The Morgan fingerprint density at radius 2 is 2.00 bits per heavy atom. The van der Waals surface area contributed by atoms with Crippen molar-refractivity contribution in [2.75, 3.05) is 39.8 Å². The zero-order chi connectivity index (χ0) is 16.4. The van der Waals surface area contributed by atoms with E-state index < -0.39 is 0 Å². The van der Waals surface area contributed by atoms with E-state index in [1.807, 2.05) is 13.8 Å². The number of hydrogen-bond acceptors (Lipinski definition) is 4. The number of esters is 1. The Balaban J connectivity index is 0.00000484. The molecule has 0 aromatic heterocycles. The Hall–Kier alpha value is -0.570. The number of rotatable bonds is 7. The second-order valence-electron chi connectivity index (χ2n) is 5.90. The molecule has 2 N–H and O–H groups in total. The van der Waals surface area contributed by atoms with Crippen LogP contribution in [0.15, 0.2) is 4.99 Å². The van der Waals surface area contributed by atoms with Gasteiger partial charge in [0.15, 0.2) is 5.96 Å². The molecule has 6 nitrogen and oxygen atoms in total. The van der Waals surface area contributed by atoms with Gasteiger partial charge in [0.25, 0.3) is 0 Å². The minimum Gasteiger partial charge on any atom is -0.469 e. The van der Waals surface area contributed by atoms with Crippen LogP contribution in [0.5, 0.6) is 0 Å². The maximum Gasteiger partial charge on any atom is 0.310 e. The van der Waals surface area contributed by atoms with Gasteiger partial charge in [0, 0.05) is 25.7 Å². The van der Waals surface area contributed by atoms with Crippen molar-refractivity contribution >= 4 is 35.9 Å². The van der Waals surface area contributed by atoms with Gasteiger partial charge in [-0.2, -0.15) is 0 Å². The van der Waals surface area contributed by atoms with Crippen LogP contribution in [0.1, 0.15) is 40.0 Å². The minimum absolute atomic E-state index is 0. The van der Waals surface area contributed by atoms with Gasteiger partial charge < -0.3 is 20.3 Å². The Morgan fingerprint density at radius 1 is 1.35 bits per heavy atom. The number of nitrogens with one attached hydrogen (secondary N) is 2. The van der Waals surface area contributed by atoms with Crippen LogP contribution >= 0.6 is 24.0 Å². The molecule has 0 aliphatic carbocycles. The van der Waals surface area contributed by atoms with Gasteiger partial charge in [-0.1, -0.05) is 13.8 Å². The summed E-state index contributed by atoms with van der Waals surface area (Å²) < 4.78 is 4.73. The third kappa shape index (κ3) is 8.74. The second-order valence-corrected chi connectivity index (χ2v) is 5.90. The molecular weight excluding hydrogens is 407 g/mol. The van der Waals surface area contributed by atoms with Crippen molar-refractivity contribution in [3.05, 3.63) is 0 Å². The first kappa shape index (κ1) is 22.4. The van der Waals surface area contributed by atoms with Gasteiger partial charge in [0.1, 0.15) is 0 Å². The van der Waals surface area contributed by atoms with Crippen molar-refractivity contribution in [1.29, 1.82) is 0 Å². The fourth-order valence-corrected chi connectivity index (χ4v) is 2.63. The smallest absolute Gasteiger partial charge is 0.310 e. The van der Waals surface area contributed by atoms with Gasteiger partial charge in [-0.05, 0) is 32.7 Å². The number of hydrogen-bond donors (Lipinski definition) is 2. The van der Waals surface area contributed by atoms with Gasteiger partial charge in [0.05, 0.1) is 19.6 Å². The predicted octanol–water partition coefficient (Wildman–Crippen LogP) is 1.84. The summed E-state index contributed by atoms with van der Waals surface area (Å²) in [4.78, 5) is 18.5. The molecule has 1 unspecified atom stereocenters. The number of piperidine rings is 1. The summed E-state index contributed by atoms with van der Waals surface area (Å²) >= 11 is 0. The Bertz CT molecular complexity index is 358. The number of aliphatic imine (C=N–C) groups is 1. The van der Waals surface area contributed by atoms with Gasteiger partial charge in [-0.3, -0.25) is 9.79 Å². The van der Waals surface area contributed by atoms with Crippen LogP contribution in [0.25, 0.3) is 0 Å². The molecule has 23 heavy (non-hydrogen) atoms. The number of halogens is 1. The molecule has 1 heterocycles. The second kappa shape index (κ2) is 12.8. The van der Waals surface area contributed by atoms with Crippen molar-refractivity contribution in [1.82, 2.24) is 15.5 Å². The Kier molecular flexibility index (Phi) is 12.5. The van der Waals surface area contributed by atoms with Crippen molar-refractivity contribution in [2.45, 2.75) is 46.1 Å². The molecule has 0 aromatic carbocycles. The fraction of sp³-hybridized carbons (Fsp3) is 0.875. The topological polar surface area (TPSA) is 66.0 Å². The number of nitrogens with zero attached hydrogens (tertiary/aromatic N) is 2. The standard InChI is InChI=1S/C16H32N4O2.HI/c1-5-9-20-10-7-14(8-11-20)19-16(17-6-2)18-12-13(3)15(21)22-4;/h13-14H,5-12H2,1-4H3,(H2,17,18,19);1H. The van der Waals surface area contributed by atoms with Crippen LogP contribution < -0.4 is 10.6 Å². The molecule has 0 spiro atoms. The zero-order valence-corrected chi connectivity index (χ0v) is 17.3. The molecule has 1 fully saturated rings. The number of likely N-dealkylation sites (tertiary alicyclic amines) is 1. The molecule has 1 aliphatic heterocycles. The number of guanidine groups is 1. The summed E-state index contributed by atoms with van der Waals surface area (Å²) in [7, 11) is 1.41. The molecule has 136 valence electrons. The Morgan fingerprint density at radius 3 is 2.52 bits per heavy atom. The summed E-state index contributed by atoms with van der Waals surface area (Å²) in [6, 6.07) is 0.458. The quantitative estimate of drug-likeness (QED) is 0.274. The molecule has 0 amide bonds. The molecule has 1 aliphatic rings. The molecule has 1 rings (SSSR count). The molecule has 1 saturated heterocycles. The van der Waals surface area contributed by atoms with E-state index >= 15 is 0 Å². The first-order valence-corrected chi connectivity index (χ1v) is 8.45. The lowest BCUT2D eigenvalue weighted by Crippen LogP contribution is -2.49. The van der Waals surface area contributed by atoms with Gasteiger partial charge in [-0.25, -0.2) is 0 Å². The van der Waals surface area contributed by atoms with Crippen molar-refractivity contribution in [2.24, 2.45) is 10.9 Å². The number of methoxy groups -OCH3 is 1. The lowest BCUT2D eigenvalue weighted by atomic mass is 10.1. The number of ether oxygens (including phenoxy) is 1. The molecule has 0 aromatic rings. The monoisotopic (exact) mass is 440 g/mol. The van der Waals surface area contributed by atoms with E-state index in [9.17, 15) is 4.79 Å². The number of carbonyl (C=O) groups is 1. The highest BCUT2D eigenvalue weighted by Gasteiger charge is 2.19. The predicted molar refractivity (Wildman–Crippen MR) is 105 cm³/mol. The van der Waals surface area contributed by atoms with E-state index in [0.717, 1.165) is 38.4 Å². The highest BCUT2D eigenvalue weighted by molar-refractivity contribution is 14.0. The summed E-state index contributed by atoms with van der Waals surface area (Å²) in [6.07, 6.45) is 3.49.